The number of aromatic nitrogens is 3. The van der Waals surface area contributed by atoms with Crippen molar-refractivity contribution in [2.45, 2.75) is 31.5 Å². The van der Waals surface area contributed by atoms with E-state index in [1.807, 2.05) is 30.3 Å². The van der Waals surface area contributed by atoms with E-state index >= 15 is 0 Å². The van der Waals surface area contributed by atoms with Crippen molar-refractivity contribution >= 4 is 17.7 Å². The van der Waals surface area contributed by atoms with Crippen LogP contribution in [0.2, 0.25) is 0 Å². The molecule has 1 aromatic heterocycles. The fourth-order valence-electron chi connectivity index (χ4n) is 1.98. The zero-order chi connectivity index (χ0) is 17.2. The summed E-state index contributed by atoms with van der Waals surface area (Å²) in [5.74, 6) is 0.764. The van der Waals surface area contributed by atoms with E-state index in [-0.39, 0.29) is 18.5 Å². The monoisotopic (exact) mass is 349 g/mol. The fraction of sp³-hybridized carbons (Fsp3) is 0.471. The maximum absolute atomic E-state index is 12.1. The summed E-state index contributed by atoms with van der Waals surface area (Å²) in [6, 6.07) is 9.70. The van der Waals surface area contributed by atoms with E-state index in [2.05, 4.69) is 29.0 Å². The molecule has 0 saturated carbocycles. The number of esters is 1. The number of thioether (sulfide) groups is 1. The molecule has 0 radical (unpaired) electrons. The lowest BCUT2D eigenvalue weighted by atomic mass is 10.1. The minimum absolute atomic E-state index is 0.253. The first kappa shape index (κ1) is 18.5. The zero-order valence-corrected chi connectivity index (χ0v) is 14.8. The van der Waals surface area contributed by atoms with Gasteiger partial charge in [0.05, 0.1) is 13.0 Å². The number of aromatic amines is 1. The lowest BCUT2D eigenvalue weighted by Gasteiger charge is -2.17. The molecule has 0 spiro atoms. The molecule has 6 nitrogen and oxygen atoms in total. The highest BCUT2D eigenvalue weighted by Gasteiger charge is 2.18. The number of rotatable bonds is 10. The van der Waals surface area contributed by atoms with Crippen molar-refractivity contribution in [2.75, 3.05) is 19.0 Å². The van der Waals surface area contributed by atoms with Gasteiger partial charge in [-0.15, -0.1) is 0 Å². The topological polar surface area (TPSA) is 77.1 Å². The summed E-state index contributed by atoms with van der Waals surface area (Å²) in [7, 11) is 0. The highest BCUT2D eigenvalue weighted by Crippen LogP contribution is 2.25. The van der Waals surface area contributed by atoms with Crippen molar-refractivity contribution < 1.29 is 14.3 Å². The molecule has 1 aromatic carbocycles. The Hall–Kier alpha value is -1.86. The predicted molar refractivity (Wildman–Crippen MR) is 92.7 cm³/mol. The normalized spacial score (nSPS) is 12.3. The Balaban J connectivity index is 1.86. The minimum Gasteiger partial charge on any atom is -0.457 e. The van der Waals surface area contributed by atoms with Crippen molar-refractivity contribution in [3.63, 3.8) is 0 Å². The van der Waals surface area contributed by atoms with E-state index < -0.39 is 0 Å². The molecule has 1 N–H and O–H groups in total. The summed E-state index contributed by atoms with van der Waals surface area (Å²) in [5.41, 5.74) is 0.959. The summed E-state index contributed by atoms with van der Waals surface area (Å²) < 4.78 is 11.1. The predicted octanol–water partition coefficient (Wildman–Crippen LogP) is 3.24. The maximum Gasteiger partial charge on any atom is 0.308 e. The highest BCUT2D eigenvalue weighted by molar-refractivity contribution is 7.99. The molecule has 0 bridgehead atoms. The van der Waals surface area contributed by atoms with Gasteiger partial charge in [-0.25, -0.2) is 4.98 Å². The van der Waals surface area contributed by atoms with Crippen LogP contribution < -0.4 is 0 Å². The third-order valence-corrected chi connectivity index (χ3v) is 4.05. The van der Waals surface area contributed by atoms with E-state index in [1.54, 1.807) is 0 Å². The van der Waals surface area contributed by atoms with Crippen LogP contribution in [-0.4, -0.2) is 40.1 Å². The molecule has 0 amide bonds. The average Bonchev–Trinajstić information content (AvgIpc) is 3.09. The Kier molecular flexibility index (Phi) is 7.77. The first-order valence-corrected chi connectivity index (χ1v) is 8.94. The molecule has 0 unspecified atom stereocenters. The molecule has 1 atom stereocenters. The van der Waals surface area contributed by atoms with Crippen LogP contribution in [-0.2, 0) is 14.3 Å². The van der Waals surface area contributed by atoms with Gasteiger partial charge < -0.3 is 9.47 Å². The lowest BCUT2D eigenvalue weighted by molar-refractivity contribution is -0.149. The van der Waals surface area contributed by atoms with Gasteiger partial charge in [0.25, 0.3) is 0 Å². The van der Waals surface area contributed by atoms with Gasteiger partial charge >= 0.3 is 5.97 Å². The zero-order valence-electron chi connectivity index (χ0n) is 14.0. The Bertz CT molecular complexity index is 590. The average molecular weight is 349 g/mol. The van der Waals surface area contributed by atoms with E-state index in [9.17, 15) is 4.79 Å². The van der Waals surface area contributed by atoms with Gasteiger partial charge in [-0.3, -0.25) is 9.89 Å². The Labute approximate surface area is 146 Å². The van der Waals surface area contributed by atoms with Crippen LogP contribution in [0.3, 0.4) is 0 Å². The second-order valence-corrected chi connectivity index (χ2v) is 6.72. The molecule has 130 valence electrons. The molecule has 24 heavy (non-hydrogen) atoms. The second kappa shape index (κ2) is 10.1. The molecule has 2 aromatic rings. The number of H-pyrrole nitrogens is 1. The first-order chi connectivity index (χ1) is 11.6. The van der Waals surface area contributed by atoms with Crippen molar-refractivity contribution in [1.29, 1.82) is 0 Å². The molecule has 7 heteroatoms. The van der Waals surface area contributed by atoms with Gasteiger partial charge in [0, 0.05) is 12.4 Å². The van der Waals surface area contributed by atoms with Gasteiger partial charge in [0.15, 0.2) is 5.16 Å². The van der Waals surface area contributed by atoms with E-state index in [0.29, 0.717) is 30.0 Å². The quantitative estimate of drug-likeness (QED) is 0.403. The molecular weight excluding hydrogens is 326 g/mol. The summed E-state index contributed by atoms with van der Waals surface area (Å²) in [4.78, 5) is 16.2. The molecule has 2 rings (SSSR count). The standard InChI is InChI=1S/C17H23N3O3S/c1-13(2)10-22-9-8-16(21)23-15(14-6-4-3-5-7-14)11-24-17-18-12-19-20-17/h3-7,12-13,15H,8-11H2,1-2H3,(H,18,19,20)/t15-/m0/s1. The number of carbonyl (C=O) groups excluding carboxylic acids is 1. The van der Waals surface area contributed by atoms with Gasteiger partial charge in [0.2, 0.25) is 0 Å². The number of benzene rings is 1. The van der Waals surface area contributed by atoms with Crippen LogP contribution in [0, 0.1) is 5.92 Å². The summed E-state index contributed by atoms with van der Waals surface area (Å²) in [6.45, 7) is 5.18. The third kappa shape index (κ3) is 6.72. The second-order valence-electron chi connectivity index (χ2n) is 5.71. The number of nitrogens with zero attached hydrogens (tertiary/aromatic N) is 2. The number of ether oxygens (including phenoxy) is 2. The van der Waals surface area contributed by atoms with Crippen molar-refractivity contribution in [3.8, 4) is 0 Å². The molecule has 0 aliphatic rings. The lowest BCUT2D eigenvalue weighted by Crippen LogP contribution is -2.16. The first-order valence-electron chi connectivity index (χ1n) is 7.95. The smallest absolute Gasteiger partial charge is 0.308 e. The third-order valence-electron chi connectivity index (χ3n) is 3.11. The van der Waals surface area contributed by atoms with Crippen LogP contribution in [0.4, 0.5) is 0 Å². The van der Waals surface area contributed by atoms with Crippen LogP contribution in [0.15, 0.2) is 41.8 Å². The molecular formula is C17H23N3O3S. The van der Waals surface area contributed by atoms with Gasteiger partial charge in [0.1, 0.15) is 12.4 Å². The van der Waals surface area contributed by atoms with E-state index in [4.69, 9.17) is 9.47 Å². The molecule has 0 fully saturated rings. The van der Waals surface area contributed by atoms with Crippen molar-refractivity contribution in [3.05, 3.63) is 42.2 Å². The van der Waals surface area contributed by atoms with Gasteiger partial charge in [-0.05, 0) is 11.5 Å². The van der Waals surface area contributed by atoms with Gasteiger partial charge in [-0.1, -0.05) is 55.9 Å². The van der Waals surface area contributed by atoms with E-state index in [0.717, 1.165) is 5.56 Å². The van der Waals surface area contributed by atoms with Crippen molar-refractivity contribution in [2.24, 2.45) is 5.92 Å². The summed E-state index contributed by atoms with van der Waals surface area (Å²) in [5, 5.41) is 7.31. The van der Waals surface area contributed by atoms with Crippen LogP contribution in [0.1, 0.15) is 31.9 Å². The Morgan fingerprint density at radius 3 is 2.75 bits per heavy atom. The SMILES string of the molecule is CC(C)COCCC(=O)O[C@@H](CSc1ncn[nH]1)c1ccccc1. The largest absolute Gasteiger partial charge is 0.457 e. The van der Waals surface area contributed by atoms with Crippen molar-refractivity contribution in [1.82, 2.24) is 15.2 Å². The highest BCUT2D eigenvalue weighted by atomic mass is 32.2. The van der Waals surface area contributed by atoms with Crippen LogP contribution >= 0.6 is 11.8 Å². The summed E-state index contributed by atoms with van der Waals surface area (Å²) in [6.07, 6.45) is 1.37. The number of nitrogens with one attached hydrogen (secondary N) is 1. The molecule has 0 aliphatic carbocycles. The number of carbonyl (C=O) groups is 1. The molecule has 0 aliphatic heterocycles. The maximum atomic E-state index is 12.1. The Morgan fingerprint density at radius 1 is 1.29 bits per heavy atom. The van der Waals surface area contributed by atoms with Crippen LogP contribution in [0.5, 0.6) is 0 Å². The number of hydrogen-bond acceptors (Lipinski definition) is 6. The van der Waals surface area contributed by atoms with E-state index in [1.165, 1.54) is 18.1 Å². The van der Waals surface area contributed by atoms with Crippen LogP contribution in [0.25, 0.3) is 0 Å². The fourth-order valence-corrected chi connectivity index (χ4v) is 2.79. The molecule has 0 saturated heterocycles. The van der Waals surface area contributed by atoms with Gasteiger partial charge in [-0.2, -0.15) is 5.10 Å². The Morgan fingerprint density at radius 2 is 2.08 bits per heavy atom. The summed E-state index contributed by atoms with van der Waals surface area (Å²) >= 11 is 1.47. The molecule has 1 heterocycles. The number of hydrogen-bond donors (Lipinski definition) is 1. The minimum atomic E-state index is -0.334.